The fourth-order valence-electron chi connectivity index (χ4n) is 1.96. The van der Waals surface area contributed by atoms with Crippen molar-refractivity contribution >= 4 is 17.6 Å². The second-order valence-corrected chi connectivity index (χ2v) is 4.40. The molecule has 0 radical (unpaired) electrons. The van der Waals surface area contributed by atoms with Crippen molar-refractivity contribution in [3.05, 3.63) is 66.2 Å². The number of hydrogen-bond donors (Lipinski definition) is 0. The predicted octanol–water partition coefficient (Wildman–Crippen LogP) is 2.90. The highest BCUT2D eigenvalue weighted by molar-refractivity contribution is 6.08. The zero-order valence-electron chi connectivity index (χ0n) is 11.9. The van der Waals surface area contributed by atoms with E-state index in [-0.39, 0.29) is 12.5 Å². The molecule has 0 bridgehead atoms. The lowest BCUT2D eigenvalue weighted by Crippen LogP contribution is -2.36. The molecule has 0 aliphatic carbocycles. The Hall–Kier alpha value is -2.62. The van der Waals surface area contributed by atoms with E-state index in [9.17, 15) is 9.59 Å². The van der Waals surface area contributed by atoms with E-state index in [2.05, 4.69) is 0 Å². The van der Waals surface area contributed by atoms with Crippen molar-refractivity contribution in [2.45, 2.75) is 6.92 Å². The van der Waals surface area contributed by atoms with Crippen LogP contribution in [-0.4, -0.2) is 25.0 Å². The van der Waals surface area contributed by atoms with Gasteiger partial charge in [-0.05, 0) is 31.2 Å². The molecule has 4 nitrogen and oxygen atoms in total. The maximum atomic E-state index is 12.6. The minimum absolute atomic E-state index is 0.106. The lowest BCUT2D eigenvalue weighted by Gasteiger charge is -2.22. The fourth-order valence-corrected chi connectivity index (χ4v) is 1.96. The van der Waals surface area contributed by atoms with Gasteiger partial charge in [0.05, 0.1) is 6.61 Å². The van der Waals surface area contributed by atoms with Crippen LogP contribution in [0.15, 0.2) is 60.7 Å². The molecule has 0 saturated heterocycles. The Morgan fingerprint density at radius 3 is 2.10 bits per heavy atom. The van der Waals surface area contributed by atoms with Crippen molar-refractivity contribution < 1.29 is 14.3 Å². The molecule has 0 N–H and O–H groups in total. The van der Waals surface area contributed by atoms with Crippen molar-refractivity contribution in [3.8, 4) is 0 Å². The number of para-hydroxylation sites is 1. The average molecular weight is 283 g/mol. The number of hydrogen-bond acceptors (Lipinski definition) is 3. The molecule has 0 aromatic heterocycles. The van der Waals surface area contributed by atoms with Gasteiger partial charge >= 0.3 is 5.97 Å². The van der Waals surface area contributed by atoms with Crippen LogP contribution in [0.2, 0.25) is 0 Å². The summed E-state index contributed by atoms with van der Waals surface area (Å²) in [6, 6.07) is 18.0. The molecule has 0 spiro atoms. The highest BCUT2D eigenvalue weighted by atomic mass is 16.5. The van der Waals surface area contributed by atoms with Gasteiger partial charge in [0, 0.05) is 11.3 Å². The molecule has 0 saturated carbocycles. The van der Waals surface area contributed by atoms with Crippen molar-refractivity contribution in [2.24, 2.45) is 0 Å². The van der Waals surface area contributed by atoms with E-state index in [4.69, 9.17) is 4.74 Å². The van der Waals surface area contributed by atoms with Gasteiger partial charge in [0.2, 0.25) is 0 Å². The third-order valence-electron chi connectivity index (χ3n) is 2.93. The van der Waals surface area contributed by atoms with Gasteiger partial charge in [0.1, 0.15) is 6.54 Å². The van der Waals surface area contributed by atoms with Crippen LogP contribution >= 0.6 is 0 Å². The Balaban J connectivity index is 2.28. The monoisotopic (exact) mass is 283 g/mol. The molecule has 0 atom stereocenters. The van der Waals surface area contributed by atoms with Gasteiger partial charge in [-0.1, -0.05) is 36.4 Å². The highest BCUT2D eigenvalue weighted by Crippen LogP contribution is 2.16. The molecule has 108 valence electrons. The molecule has 2 aromatic rings. The Morgan fingerprint density at radius 2 is 1.52 bits per heavy atom. The second-order valence-electron chi connectivity index (χ2n) is 4.40. The van der Waals surface area contributed by atoms with E-state index in [1.165, 1.54) is 4.90 Å². The summed E-state index contributed by atoms with van der Waals surface area (Å²) in [5.74, 6) is -0.652. The van der Waals surface area contributed by atoms with Crippen LogP contribution < -0.4 is 4.90 Å². The number of esters is 1. The van der Waals surface area contributed by atoms with Gasteiger partial charge < -0.3 is 4.74 Å². The summed E-state index contributed by atoms with van der Waals surface area (Å²) in [6.07, 6.45) is 0. The quantitative estimate of drug-likeness (QED) is 0.793. The molecule has 2 rings (SSSR count). The maximum absolute atomic E-state index is 12.6. The summed E-state index contributed by atoms with van der Waals surface area (Å²) in [7, 11) is 0. The predicted molar refractivity (Wildman–Crippen MR) is 81.2 cm³/mol. The molecule has 0 aliphatic heterocycles. The number of ether oxygens (including phenoxy) is 1. The topological polar surface area (TPSA) is 46.6 Å². The summed E-state index contributed by atoms with van der Waals surface area (Å²) < 4.78 is 4.95. The molecule has 0 aliphatic rings. The molecule has 1 amide bonds. The van der Waals surface area contributed by atoms with E-state index < -0.39 is 5.97 Å². The fraction of sp³-hybridized carbons (Fsp3) is 0.176. The first-order valence-electron chi connectivity index (χ1n) is 6.80. The number of anilines is 1. The standard InChI is InChI=1S/C17H17NO3/c1-2-21-16(19)13-18(15-11-7-4-8-12-15)17(20)14-9-5-3-6-10-14/h3-12H,2,13H2,1H3. The van der Waals surface area contributed by atoms with Crippen LogP contribution in [0.25, 0.3) is 0 Å². The van der Waals surface area contributed by atoms with Crippen molar-refractivity contribution in [1.82, 2.24) is 0 Å². The van der Waals surface area contributed by atoms with Crippen LogP contribution in [0.3, 0.4) is 0 Å². The summed E-state index contributed by atoms with van der Waals surface area (Å²) in [6.45, 7) is 1.93. The van der Waals surface area contributed by atoms with E-state index in [0.717, 1.165) is 0 Å². The number of carbonyl (C=O) groups is 2. The number of amides is 1. The van der Waals surface area contributed by atoms with Crippen LogP contribution in [-0.2, 0) is 9.53 Å². The van der Waals surface area contributed by atoms with E-state index >= 15 is 0 Å². The van der Waals surface area contributed by atoms with E-state index in [1.54, 1.807) is 43.3 Å². The van der Waals surface area contributed by atoms with Crippen molar-refractivity contribution in [1.29, 1.82) is 0 Å². The Bertz CT molecular complexity index is 596. The number of rotatable bonds is 5. The summed E-state index contributed by atoms with van der Waals surface area (Å²) in [4.78, 5) is 25.8. The van der Waals surface area contributed by atoms with Crippen molar-refractivity contribution in [3.63, 3.8) is 0 Å². The van der Waals surface area contributed by atoms with Gasteiger partial charge in [-0.3, -0.25) is 14.5 Å². The third kappa shape index (κ3) is 3.92. The summed E-state index contributed by atoms with van der Waals surface area (Å²) in [5.41, 5.74) is 1.20. The molecule has 21 heavy (non-hydrogen) atoms. The number of nitrogens with zero attached hydrogens (tertiary/aromatic N) is 1. The van der Waals surface area contributed by atoms with Gasteiger partial charge in [-0.25, -0.2) is 0 Å². The first-order valence-corrected chi connectivity index (χ1v) is 6.80. The van der Waals surface area contributed by atoms with Crippen LogP contribution in [0.4, 0.5) is 5.69 Å². The normalized spacial score (nSPS) is 9.95. The molecule has 0 heterocycles. The molecular formula is C17H17NO3. The molecule has 2 aromatic carbocycles. The zero-order chi connectivity index (χ0) is 15.1. The third-order valence-corrected chi connectivity index (χ3v) is 2.93. The van der Waals surface area contributed by atoms with Crippen molar-refractivity contribution in [2.75, 3.05) is 18.1 Å². The highest BCUT2D eigenvalue weighted by Gasteiger charge is 2.20. The van der Waals surface area contributed by atoms with Gasteiger partial charge in [0.25, 0.3) is 5.91 Å². The zero-order valence-corrected chi connectivity index (χ0v) is 11.9. The largest absolute Gasteiger partial charge is 0.465 e. The Morgan fingerprint density at radius 1 is 0.952 bits per heavy atom. The number of benzene rings is 2. The average Bonchev–Trinajstić information content (AvgIpc) is 2.54. The van der Waals surface area contributed by atoms with Crippen LogP contribution in [0.1, 0.15) is 17.3 Å². The van der Waals surface area contributed by atoms with E-state index in [1.807, 2.05) is 24.3 Å². The van der Waals surface area contributed by atoms with Gasteiger partial charge in [0.15, 0.2) is 0 Å². The molecule has 0 unspecified atom stereocenters. The smallest absolute Gasteiger partial charge is 0.326 e. The summed E-state index contributed by atoms with van der Waals surface area (Å²) in [5, 5.41) is 0. The maximum Gasteiger partial charge on any atom is 0.326 e. The van der Waals surface area contributed by atoms with Crippen LogP contribution in [0.5, 0.6) is 0 Å². The molecule has 4 heteroatoms. The lowest BCUT2D eigenvalue weighted by molar-refractivity contribution is -0.141. The second kappa shape index (κ2) is 7.24. The van der Waals surface area contributed by atoms with E-state index in [0.29, 0.717) is 17.9 Å². The first kappa shape index (κ1) is 14.8. The Labute approximate surface area is 124 Å². The number of carbonyl (C=O) groups excluding carboxylic acids is 2. The minimum atomic E-state index is -0.425. The minimum Gasteiger partial charge on any atom is -0.465 e. The van der Waals surface area contributed by atoms with Gasteiger partial charge in [-0.2, -0.15) is 0 Å². The lowest BCUT2D eigenvalue weighted by atomic mass is 10.2. The first-order chi connectivity index (χ1) is 10.2. The van der Waals surface area contributed by atoms with Gasteiger partial charge in [-0.15, -0.1) is 0 Å². The summed E-state index contributed by atoms with van der Waals surface area (Å²) >= 11 is 0. The SMILES string of the molecule is CCOC(=O)CN(C(=O)c1ccccc1)c1ccccc1. The molecule has 0 fully saturated rings. The Kier molecular flexibility index (Phi) is 5.10. The van der Waals surface area contributed by atoms with Crippen LogP contribution in [0, 0.1) is 0 Å². The molecular weight excluding hydrogens is 266 g/mol.